The van der Waals surface area contributed by atoms with Crippen molar-refractivity contribution < 1.29 is 14.7 Å². The first-order valence-electron chi connectivity index (χ1n) is 5.10. The lowest BCUT2D eigenvalue weighted by Crippen LogP contribution is -2.13. The Morgan fingerprint density at radius 3 is 2.44 bits per heavy atom. The van der Waals surface area contributed by atoms with Crippen LogP contribution in [-0.2, 0) is 0 Å². The second-order valence-corrected chi connectivity index (χ2v) is 3.01. The molecule has 0 atom stereocenters. The molecule has 0 spiro atoms. The van der Waals surface area contributed by atoms with Gasteiger partial charge in [-0.25, -0.2) is 0 Å². The molecule has 88 valence electrons. The highest BCUT2D eigenvalue weighted by Crippen LogP contribution is 2.28. The molecule has 0 radical (unpaired) electrons. The van der Waals surface area contributed by atoms with E-state index in [0.29, 0.717) is 30.3 Å². The molecular formula is C11H16N2O3. The number of hydrogen-bond donors (Lipinski definition) is 2. The molecule has 0 aliphatic heterocycles. The molecule has 3 N–H and O–H groups in total. The van der Waals surface area contributed by atoms with Gasteiger partial charge in [0.25, 0.3) is 0 Å². The van der Waals surface area contributed by atoms with Crippen molar-refractivity contribution in [3.63, 3.8) is 0 Å². The molecule has 0 saturated carbocycles. The summed E-state index contributed by atoms with van der Waals surface area (Å²) in [5.74, 6) is 1.29. The van der Waals surface area contributed by atoms with E-state index >= 15 is 0 Å². The fourth-order valence-corrected chi connectivity index (χ4v) is 1.27. The molecule has 5 heteroatoms. The van der Waals surface area contributed by atoms with Crippen molar-refractivity contribution >= 4 is 5.84 Å². The maximum absolute atomic E-state index is 8.57. The fraction of sp³-hybridized carbons (Fsp3) is 0.364. The Kier molecular flexibility index (Phi) is 4.44. The summed E-state index contributed by atoms with van der Waals surface area (Å²) in [6.45, 7) is 4.86. The van der Waals surface area contributed by atoms with Gasteiger partial charge in [0.15, 0.2) is 17.3 Å². The van der Waals surface area contributed by atoms with Crippen LogP contribution < -0.4 is 15.2 Å². The summed E-state index contributed by atoms with van der Waals surface area (Å²) in [6, 6.07) is 5.13. The van der Waals surface area contributed by atoms with Gasteiger partial charge in [0, 0.05) is 5.56 Å². The zero-order valence-corrected chi connectivity index (χ0v) is 9.43. The topological polar surface area (TPSA) is 77.1 Å². The number of oxime groups is 1. The van der Waals surface area contributed by atoms with Crippen molar-refractivity contribution in [2.45, 2.75) is 13.8 Å². The smallest absolute Gasteiger partial charge is 0.170 e. The molecule has 5 nitrogen and oxygen atoms in total. The molecular weight excluding hydrogens is 208 g/mol. The number of benzene rings is 1. The van der Waals surface area contributed by atoms with Crippen molar-refractivity contribution in [3.05, 3.63) is 23.8 Å². The fourth-order valence-electron chi connectivity index (χ4n) is 1.27. The molecule has 0 bridgehead atoms. The zero-order chi connectivity index (χ0) is 12.0. The summed E-state index contributed by atoms with van der Waals surface area (Å²) in [4.78, 5) is 0. The summed E-state index contributed by atoms with van der Waals surface area (Å²) >= 11 is 0. The lowest BCUT2D eigenvalue weighted by atomic mass is 10.2. The highest BCUT2D eigenvalue weighted by molar-refractivity contribution is 5.97. The number of hydrogen-bond acceptors (Lipinski definition) is 4. The lowest BCUT2D eigenvalue weighted by Gasteiger charge is -2.11. The van der Waals surface area contributed by atoms with E-state index in [0.717, 1.165) is 0 Å². The van der Waals surface area contributed by atoms with Crippen molar-refractivity contribution in [1.29, 1.82) is 0 Å². The summed E-state index contributed by atoms with van der Waals surface area (Å²) in [7, 11) is 0. The van der Waals surface area contributed by atoms with E-state index < -0.39 is 0 Å². The van der Waals surface area contributed by atoms with Crippen LogP contribution in [0.1, 0.15) is 19.4 Å². The molecule has 1 aromatic rings. The van der Waals surface area contributed by atoms with Crippen molar-refractivity contribution in [3.8, 4) is 11.5 Å². The van der Waals surface area contributed by atoms with Crippen LogP contribution in [0, 0.1) is 0 Å². The van der Waals surface area contributed by atoms with Gasteiger partial charge >= 0.3 is 0 Å². The van der Waals surface area contributed by atoms with Gasteiger partial charge in [0.2, 0.25) is 0 Å². The maximum Gasteiger partial charge on any atom is 0.170 e. The molecule has 1 aromatic carbocycles. The Labute approximate surface area is 94.5 Å². The first-order valence-corrected chi connectivity index (χ1v) is 5.10. The van der Waals surface area contributed by atoms with E-state index in [2.05, 4.69) is 5.16 Å². The first kappa shape index (κ1) is 12.2. The van der Waals surface area contributed by atoms with Crippen LogP contribution >= 0.6 is 0 Å². The minimum Gasteiger partial charge on any atom is -0.490 e. The van der Waals surface area contributed by atoms with Crippen LogP contribution in [0.4, 0.5) is 0 Å². The van der Waals surface area contributed by atoms with Gasteiger partial charge in [0.05, 0.1) is 13.2 Å². The first-order chi connectivity index (χ1) is 7.72. The van der Waals surface area contributed by atoms with Crippen molar-refractivity contribution in [2.75, 3.05) is 13.2 Å². The summed E-state index contributed by atoms with van der Waals surface area (Å²) in [5.41, 5.74) is 6.08. The molecule has 1 rings (SSSR count). The van der Waals surface area contributed by atoms with E-state index in [1.807, 2.05) is 13.8 Å². The van der Waals surface area contributed by atoms with Crippen LogP contribution in [0.5, 0.6) is 11.5 Å². The van der Waals surface area contributed by atoms with Crippen molar-refractivity contribution in [1.82, 2.24) is 0 Å². The minimum atomic E-state index is 0.0454. The van der Waals surface area contributed by atoms with Crippen LogP contribution in [0.2, 0.25) is 0 Å². The molecule has 16 heavy (non-hydrogen) atoms. The molecule has 0 fully saturated rings. The van der Waals surface area contributed by atoms with E-state index in [9.17, 15) is 0 Å². The van der Waals surface area contributed by atoms with Crippen LogP contribution in [0.3, 0.4) is 0 Å². The Morgan fingerprint density at radius 1 is 1.25 bits per heavy atom. The van der Waals surface area contributed by atoms with Crippen LogP contribution in [0.15, 0.2) is 23.4 Å². The maximum atomic E-state index is 8.57. The number of rotatable bonds is 5. The van der Waals surface area contributed by atoms with Crippen LogP contribution in [-0.4, -0.2) is 24.3 Å². The quantitative estimate of drug-likeness (QED) is 0.344. The third-order valence-corrected chi connectivity index (χ3v) is 1.95. The second-order valence-electron chi connectivity index (χ2n) is 3.01. The number of ether oxygens (including phenoxy) is 2. The van der Waals surface area contributed by atoms with Gasteiger partial charge in [-0.15, -0.1) is 0 Å². The van der Waals surface area contributed by atoms with Gasteiger partial charge < -0.3 is 20.4 Å². The normalized spacial score (nSPS) is 11.2. The van der Waals surface area contributed by atoms with E-state index in [1.165, 1.54) is 0 Å². The highest BCUT2D eigenvalue weighted by Gasteiger charge is 2.08. The van der Waals surface area contributed by atoms with E-state index in [1.54, 1.807) is 18.2 Å². The predicted octanol–water partition coefficient (Wildman–Crippen LogP) is 1.58. The Balaban J connectivity index is 3.06. The molecule has 0 saturated heterocycles. The molecule has 0 aromatic heterocycles. The molecule has 0 aliphatic rings. The van der Waals surface area contributed by atoms with E-state index in [-0.39, 0.29) is 5.84 Å². The summed E-state index contributed by atoms with van der Waals surface area (Å²) in [5, 5.41) is 11.5. The number of nitrogens with two attached hydrogens (primary N) is 1. The number of amidine groups is 1. The van der Waals surface area contributed by atoms with Gasteiger partial charge in [-0.05, 0) is 32.0 Å². The monoisotopic (exact) mass is 224 g/mol. The Hall–Kier alpha value is -1.91. The van der Waals surface area contributed by atoms with Gasteiger partial charge in [-0.1, -0.05) is 5.16 Å². The van der Waals surface area contributed by atoms with Gasteiger partial charge in [-0.3, -0.25) is 0 Å². The summed E-state index contributed by atoms with van der Waals surface area (Å²) in [6.07, 6.45) is 0. The highest BCUT2D eigenvalue weighted by atomic mass is 16.5. The predicted molar refractivity (Wildman–Crippen MR) is 61.3 cm³/mol. The number of nitrogens with zero attached hydrogens (tertiary/aromatic N) is 1. The second kappa shape index (κ2) is 5.85. The zero-order valence-electron chi connectivity index (χ0n) is 9.43. The Morgan fingerprint density at radius 2 is 1.88 bits per heavy atom. The largest absolute Gasteiger partial charge is 0.490 e. The van der Waals surface area contributed by atoms with Gasteiger partial charge in [0.1, 0.15) is 0 Å². The minimum absolute atomic E-state index is 0.0454. The molecule has 0 aliphatic carbocycles. The standard InChI is InChI=1S/C11H16N2O3/c1-3-15-9-6-5-8(11(12)13-14)7-10(9)16-4-2/h5-7,14H,3-4H2,1-2H3,(H2,12,13). The SMILES string of the molecule is CCOc1ccc(/C(N)=N\O)cc1OCC. The van der Waals surface area contributed by atoms with Crippen LogP contribution in [0.25, 0.3) is 0 Å². The van der Waals surface area contributed by atoms with E-state index in [4.69, 9.17) is 20.4 Å². The van der Waals surface area contributed by atoms with Gasteiger partial charge in [-0.2, -0.15) is 0 Å². The third kappa shape index (κ3) is 2.79. The Bertz CT molecular complexity index is 377. The molecule has 0 heterocycles. The summed E-state index contributed by atoms with van der Waals surface area (Å²) < 4.78 is 10.8. The average molecular weight is 224 g/mol. The molecule has 0 amide bonds. The third-order valence-electron chi connectivity index (χ3n) is 1.95. The average Bonchev–Trinajstić information content (AvgIpc) is 2.31. The molecule has 0 unspecified atom stereocenters. The van der Waals surface area contributed by atoms with Crippen molar-refractivity contribution in [2.24, 2.45) is 10.9 Å². The lowest BCUT2D eigenvalue weighted by molar-refractivity contribution is 0.287.